The van der Waals surface area contributed by atoms with Gasteiger partial charge in [-0.2, -0.15) is 0 Å². The number of hydrogen-bond donors (Lipinski definition) is 0. The Morgan fingerprint density at radius 2 is 0.944 bits per heavy atom. The molecule has 0 unspecified atom stereocenters. The summed E-state index contributed by atoms with van der Waals surface area (Å²) in [7, 11) is 1.88. The van der Waals surface area contributed by atoms with E-state index in [0.29, 0.717) is 13.1 Å². The van der Waals surface area contributed by atoms with Crippen LogP contribution in [0.25, 0.3) is 0 Å². The highest BCUT2D eigenvalue weighted by molar-refractivity contribution is 7.51. The lowest BCUT2D eigenvalue weighted by Crippen LogP contribution is -2.29. The Morgan fingerprint density at radius 3 is 1.11 bits per heavy atom. The molecule has 0 amide bonds. The van der Waals surface area contributed by atoms with Gasteiger partial charge in [0.05, 0.1) is 0 Å². The van der Waals surface area contributed by atoms with Gasteiger partial charge >= 0.3 is 15.5 Å². The quantitative estimate of drug-likeness (QED) is 0.595. The van der Waals surface area contributed by atoms with Crippen molar-refractivity contribution in [1.82, 2.24) is 9.34 Å². The maximum atomic E-state index is 12.0. The topological polar surface area (TPSA) is 77.5 Å². The SMILES string of the molecule is COP(=O)(OC)N(C)CCN(C)P(=O)(OC)OC. The first-order valence-corrected chi connectivity index (χ1v) is 8.15. The molecule has 0 radical (unpaired) electrons. The van der Waals surface area contributed by atoms with Crippen molar-refractivity contribution in [3.05, 3.63) is 0 Å². The summed E-state index contributed by atoms with van der Waals surface area (Å²) in [6, 6.07) is 0. The third-order valence-corrected chi connectivity index (χ3v) is 6.42. The van der Waals surface area contributed by atoms with Gasteiger partial charge in [-0.3, -0.25) is 18.1 Å². The Hall–Kier alpha value is 0.220. The van der Waals surface area contributed by atoms with Crippen LogP contribution in [0.2, 0.25) is 0 Å². The van der Waals surface area contributed by atoms with Crippen molar-refractivity contribution in [2.24, 2.45) is 0 Å². The van der Waals surface area contributed by atoms with Crippen LogP contribution < -0.4 is 0 Å². The van der Waals surface area contributed by atoms with Crippen molar-refractivity contribution >= 4 is 15.5 Å². The average Bonchev–Trinajstić information content (AvgIpc) is 2.42. The van der Waals surface area contributed by atoms with Gasteiger partial charge in [-0.05, 0) is 14.1 Å². The average molecular weight is 304 g/mol. The summed E-state index contributed by atoms with van der Waals surface area (Å²) in [5.74, 6) is 0. The van der Waals surface area contributed by atoms with Crippen LogP contribution in [0.15, 0.2) is 0 Å². The van der Waals surface area contributed by atoms with Crippen LogP contribution in [-0.2, 0) is 27.2 Å². The Balaban J connectivity index is 4.50. The fraction of sp³-hybridized carbons (Fsp3) is 1.00. The fourth-order valence-corrected chi connectivity index (χ4v) is 3.32. The molecular weight excluding hydrogens is 282 g/mol. The standard InChI is InChI=1S/C8H22N2O6P2/c1-9(17(11,13-3)14-4)7-8-10(2)18(12,15-5)16-6/h7-8H2,1-6H3. The van der Waals surface area contributed by atoms with Crippen LogP contribution in [0, 0.1) is 0 Å². The molecule has 0 aromatic carbocycles. The van der Waals surface area contributed by atoms with Gasteiger partial charge in [0.1, 0.15) is 0 Å². The smallest absolute Gasteiger partial charge is 0.300 e. The third-order valence-electron chi connectivity index (χ3n) is 2.51. The van der Waals surface area contributed by atoms with Crippen molar-refractivity contribution in [2.45, 2.75) is 0 Å². The first-order valence-electron chi connectivity index (χ1n) is 5.16. The third kappa shape index (κ3) is 4.40. The van der Waals surface area contributed by atoms with Crippen molar-refractivity contribution in [2.75, 3.05) is 55.6 Å². The normalized spacial score (nSPS) is 13.6. The molecule has 0 N–H and O–H groups in total. The Kier molecular flexibility index (Phi) is 7.82. The molecule has 8 nitrogen and oxygen atoms in total. The lowest BCUT2D eigenvalue weighted by Gasteiger charge is -2.28. The van der Waals surface area contributed by atoms with Crippen LogP contribution in [0.1, 0.15) is 0 Å². The van der Waals surface area contributed by atoms with Crippen LogP contribution in [-0.4, -0.2) is 65.0 Å². The van der Waals surface area contributed by atoms with E-state index in [1.807, 2.05) is 0 Å². The summed E-state index contributed by atoms with van der Waals surface area (Å²) in [5, 5.41) is 0. The molecule has 0 heterocycles. The summed E-state index contributed by atoms with van der Waals surface area (Å²) in [5.41, 5.74) is 0. The zero-order valence-corrected chi connectivity index (χ0v) is 13.4. The van der Waals surface area contributed by atoms with E-state index in [1.165, 1.54) is 37.8 Å². The van der Waals surface area contributed by atoms with E-state index in [4.69, 9.17) is 18.1 Å². The summed E-state index contributed by atoms with van der Waals surface area (Å²) >= 11 is 0. The molecule has 0 saturated carbocycles. The van der Waals surface area contributed by atoms with E-state index in [9.17, 15) is 9.13 Å². The van der Waals surface area contributed by atoms with Crippen molar-refractivity contribution < 1.29 is 27.2 Å². The van der Waals surface area contributed by atoms with Crippen LogP contribution >= 0.6 is 15.5 Å². The van der Waals surface area contributed by atoms with Crippen molar-refractivity contribution in [1.29, 1.82) is 0 Å². The Bertz CT molecular complexity index is 292. The Labute approximate surface area is 108 Å². The van der Waals surface area contributed by atoms with Crippen molar-refractivity contribution in [3.8, 4) is 0 Å². The van der Waals surface area contributed by atoms with E-state index in [0.717, 1.165) is 0 Å². The van der Waals surface area contributed by atoms with E-state index >= 15 is 0 Å². The predicted octanol–water partition coefficient (Wildman–Crippen LogP) is 1.65. The van der Waals surface area contributed by atoms with E-state index < -0.39 is 15.5 Å². The second kappa shape index (κ2) is 7.72. The molecule has 10 heteroatoms. The number of rotatable bonds is 9. The minimum atomic E-state index is -3.26. The fourth-order valence-electron chi connectivity index (χ4n) is 1.24. The van der Waals surface area contributed by atoms with Crippen LogP contribution in [0.4, 0.5) is 0 Å². The summed E-state index contributed by atoms with van der Waals surface area (Å²) in [6.45, 7) is 0.623. The molecule has 0 spiro atoms. The van der Waals surface area contributed by atoms with E-state index in [1.54, 1.807) is 14.1 Å². The molecule has 0 fully saturated rings. The highest BCUT2D eigenvalue weighted by Crippen LogP contribution is 2.51. The first-order chi connectivity index (χ1) is 8.29. The maximum absolute atomic E-state index is 12.0. The largest absolute Gasteiger partial charge is 0.407 e. The first kappa shape index (κ1) is 18.2. The second-order valence-corrected chi connectivity index (χ2v) is 8.13. The predicted molar refractivity (Wildman–Crippen MR) is 68.5 cm³/mol. The van der Waals surface area contributed by atoms with Gasteiger partial charge in [0.25, 0.3) is 0 Å². The molecule has 0 aliphatic rings. The van der Waals surface area contributed by atoms with E-state index in [-0.39, 0.29) is 0 Å². The molecule has 0 saturated heterocycles. The summed E-state index contributed by atoms with van der Waals surface area (Å²) in [4.78, 5) is 0. The summed E-state index contributed by atoms with van der Waals surface area (Å²) in [6.07, 6.45) is 0. The molecule has 0 aromatic heterocycles. The molecular formula is C8H22N2O6P2. The molecule has 0 aliphatic carbocycles. The molecule has 18 heavy (non-hydrogen) atoms. The highest BCUT2D eigenvalue weighted by Gasteiger charge is 2.31. The van der Waals surface area contributed by atoms with Gasteiger partial charge in [-0.15, -0.1) is 0 Å². The minimum absolute atomic E-state index is 0.312. The van der Waals surface area contributed by atoms with Gasteiger partial charge < -0.3 is 0 Å². The zero-order chi connectivity index (χ0) is 14.4. The second-order valence-electron chi connectivity index (χ2n) is 3.43. The Morgan fingerprint density at radius 1 is 0.722 bits per heavy atom. The lowest BCUT2D eigenvalue weighted by molar-refractivity contribution is 0.199. The van der Waals surface area contributed by atoms with Crippen molar-refractivity contribution in [3.63, 3.8) is 0 Å². The molecule has 0 bridgehead atoms. The molecule has 110 valence electrons. The minimum Gasteiger partial charge on any atom is -0.300 e. The van der Waals surface area contributed by atoms with Crippen LogP contribution in [0.5, 0.6) is 0 Å². The molecule has 0 atom stereocenters. The maximum Gasteiger partial charge on any atom is 0.407 e. The lowest BCUT2D eigenvalue weighted by atomic mass is 10.6. The number of hydrogen-bond acceptors (Lipinski definition) is 6. The van der Waals surface area contributed by atoms with Crippen LogP contribution in [0.3, 0.4) is 0 Å². The molecule has 0 aromatic rings. The molecule has 0 aliphatic heterocycles. The number of likely N-dealkylation sites (N-methyl/N-ethyl adjacent to an activating group) is 2. The monoisotopic (exact) mass is 304 g/mol. The summed E-state index contributed by atoms with van der Waals surface area (Å²) < 4.78 is 46.1. The van der Waals surface area contributed by atoms with Gasteiger partial charge in [0.2, 0.25) is 0 Å². The van der Waals surface area contributed by atoms with Gasteiger partial charge in [-0.25, -0.2) is 18.5 Å². The van der Waals surface area contributed by atoms with Gasteiger partial charge in [0, 0.05) is 41.5 Å². The zero-order valence-electron chi connectivity index (χ0n) is 11.7. The number of nitrogens with zero attached hydrogens (tertiary/aromatic N) is 2. The molecule has 0 rings (SSSR count). The van der Waals surface area contributed by atoms with Gasteiger partial charge in [0.15, 0.2) is 0 Å². The highest BCUT2D eigenvalue weighted by atomic mass is 31.2. The van der Waals surface area contributed by atoms with Gasteiger partial charge in [-0.1, -0.05) is 0 Å². The van der Waals surface area contributed by atoms with E-state index in [2.05, 4.69) is 0 Å².